The number of nitrogens with zero attached hydrogens (tertiary/aromatic N) is 1. The number of sulfone groups is 1. The van der Waals surface area contributed by atoms with E-state index in [1.165, 1.54) is 19.1 Å². The zero-order chi connectivity index (χ0) is 19.4. The third-order valence-electron chi connectivity index (χ3n) is 5.62. The molecule has 1 N–H and O–H groups in total. The quantitative estimate of drug-likeness (QED) is 0.685. The monoisotopic (exact) mass is 394 g/mol. The lowest BCUT2D eigenvalue weighted by atomic mass is 9.89. The van der Waals surface area contributed by atoms with Crippen LogP contribution in [0.15, 0.2) is 29.2 Å². The van der Waals surface area contributed by atoms with Crippen LogP contribution in [-0.2, 0) is 14.6 Å². The lowest BCUT2D eigenvalue weighted by molar-refractivity contribution is -0.131. The summed E-state index contributed by atoms with van der Waals surface area (Å²) in [6, 6.07) is 7.66. The van der Waals surface area contributed by atoms with Crippen molar-refractivity contribution in [2.75, 3.05) is 26.5 Å². The molecule has 1 aromatic carbocycles. The zero-order valence-corrected chi connectivity index (χ0v) is 17.0. The largest absolute Gasteiger partial charge is 0.494 e. The summed E-state index contributed by atoms with van der Waals surface area (Å²) in [6.45, 7) is 1.16. The Morgan fingerprint density at radius 3 is 2.41 bits per heavy atom. The summed E-state index contributed by atoms with van der Waals surface area (Å²) in [7, 11) is -1.32. The van der Waals surface area contributed by atoms with Gasteiger partial charge in [0.05, 0.1) is 11.5 Å². The van der Waals surface area contributed by atoms with E-state index in [-0.39, 0.29) is 10.8 Å². The van der Waals surface area contributed by atoms with Gasteiger partial charge in [0.25, 0.3) is 0 Å². The number of fused-ring (bicyclic) bond motifs is 2. The molecule has 2 saturated heterocycles. The summed E-state index contributed by atoms with van der Waals surface area (Å²) >= 11 is 0. The van der Waals surface area contributed by atoms with Crippen LogP contribution in [0.4, 0.5) is 0 Å². The van der Waals surface area contributed by atoms with Crippen molar-refractivity contribution in [3.63, 3.8) is 0 Å². The predicted molar refractivity (Wildman–Crippen MR) is 105 cm³/mol. The van der Waals surface area contributed by atoms with E-state index in [1.807, 2.05) is 7.05 Å². The van der Waals surface area contributed by atoms with Gasteiger partial charge >= 0.3 is 0 Å². The average molecular weight is 395 g/mol. The fourth-order valence-corrected chi connectivity index (χ4v) is 4.77. The van der Waals surface area contributed by atoms with E-state index in [1.54, 1.807) is 29.2 Å². The van der Waals surface area contributed by atoms with Crippen LogP contribution in [0, 0.1) is 5.92 Å². The van der Waals surface area contributed by atoms with Gasteiger partial charge in [-0.05, 0) is 62.3 Å². The standard InChI is InChI=1S/C20H30N2O4S/c1-22(20(23)14-15-12-16-4-5-17(13-15)21-16)10-3-11-26-18-6-8-19(9-7-18)27(2,24)25/h6-9,15-17,21H,3-5,10-14H2,1-2H3. The van der Waals surface area contributed by atoms with Gasteiger partial charge in [-0.2, -0.15) is 0 Å². The molecule has 7 heteroatoms. The van der Waals surface area contributed by atoms with E-state index in [0.29, 0.717) is 43.3 Å². The first-order chi connectivity index (χ1) is 12.8. The highest BCUT2D eigenvalue weighted by Gasteiger charge is 2.34. The van der Waals surface area contributed by atoms with Crippen LogP contribution in [0.5, 0.6) is 5.75 Å². The number of benzene rings is 1. The van der Waals surface area contributed by atoms with Crippen molar-refractivity contribution in [3.8, 4) is 5.75 Å². The molecule has 6 nitrogen and oxygen atoms in total. The number of ether oxygens (including phenoxy) is 1. The average Bonchev–Trinajstić information content (AvgIpc) is 2.96. The van der Waals surface area contributed by atoms with Crippen molar-refractivity contribution < 1.29 is 17.9 Å². The van der Waals surface area contributed by atoms with E-state index in [2.05, 4.69) is 5.32 Å². The van der Waals surface area contributed by atoms with E-state index < -0.39 is 9.84 Å². The maximum absolute atomic E-state index is 12.4. The van der Waals surface area contributed by atoms with Crippen LogP contribution in [0.3, 0.4) is 0 Å². The summed E-state index contributed by atoms with van der Waals surface area (Å²) in [6.07, 6.45) is 7.35. The van der Waals surface area contributed by atoms with Crippen LogP contribution >= 0.6 is 0 Å². The first kappa shape index (κ1) is 20.1. The number of amides is 1. The fraction of sp³-hybridized carbons (Fsp3) is 0.650. The zero-order valence-electron chi connectivity index (χ0n) is 16.2. The second-order valence-electron chi connectivity index (χ2n) is 7.94. The van der Waals surface area contributed by atoms with Gasteiger partial charge in [0.15, 0.2) is 9.84 Å². The molecule has 0 aromatic heterocycles. The van der Waals surface area contributed by atoms with Crippen molar-refractivity contribution >= 4 is 15.7 Å². The van der Waals surface area contributed by atoms with Gasteiger partial charge in [0, 0.05) is 38.4 Å². The summed E-state index contributed by atoms with van der Waals surface area (Å²) in [5.74, 6) is 1.38. The van der Waals surface area contributed by atoms with Crippen molar-refractivity contribution in [2.24, 2.45) is 5.92 Å². The lowest BCUT2D eigenvalue weighted by Gasteiger charge is -2.30. The predicted octanol–water partition coefficient (Wildman–Crippen LogP) is 2.24. The molecule has 1 aromatic rings. The number of nitrogens with one attached hydrogen (secondary N) is 1. The summed E-state index contributed by atoms with van der Waals surface area (Å²) < 4.78 is 28.5. The number of carbonyl (C=O) groups excluding carboxylic acids is 1. The Hall–Kier alpha value is -1.60. The van der Waals surface area contributed by atoms with E-state index in [0.717, 1.165) is 19.3 Å². The highest BCUT2D eigenvalue weighted by atomic mass is 32.2. The highest BCUT2D eigenvalue weighted by molar-refractivity contribution is 7.90. The Bertz CT molecular complexity index is 736. The number of carbonyl (C=O) groups is 1. The number of piperidine rings is 1. The molecule has 0 spiro atoms. The van der Waals surface area contributed by atoms with Crippen molar-refractivity contribution in [2.45, 2.75) is 55.5 Å². The molecular formula is C20H30N2O4S. The SMILES string of the molecule is CN(CCCOc1ccc(S(C)(=O)=O)cc1)C(=O)CC1CC2CCC(C1)N2. The van der Waals surface area contributed by atoms with E-state index in [9.17, 15) is 13.2 Å². The number of hydrogen-bond donors (Lipinski definition) is 1. The second-order valence-corrected chi connectivity index (χ2v) is 9.96. The molecule has 2 bridgehead atoms. The normalized spacial score (nSPS) is 24.6. The molecule has 2 unspecified atom stereocenters. The molecule has 0 aliphatic carbocycles. The summed E-state index contributed by atoms with van der Waals surface area (Å²) in [5.41, 5.74) is 0. The summed E-state index contributed by atoms with van der Waals surface area (Å²) in [4.78, 5) is 14.5. The Labute approximate surface area is 162 Å². The molecule has 0 radical (unpaired) electrons. The first-order valence-electron chi connectivity index (χ1n) is 9.74. The maximum atomic E-state index is 12.4. The van der Waals surface area contributed by atoms with Gasteiger partial charge in [0.2, 0.25) is 5.91 Å². The Morgan fingerprint density at radius 2 is 1.81 bits per heavy atom. The Kier molecular flexibility index (Phi) is 6.42. The van der Waals surface area contributed by atoms with Crippen LogP contribution in [-0.4, -0.2) is 57.8 Å². The van der Waals surface area contributed by atoms with Crippen molar-refractivity contribution in [1.29, 1.82) is 0 Å². The van der Waals surface area contributed by atoms with Gasteiger partial charge in [-0.1, -0.05) is 0 Å². The highest BCUT2D eigenvalue weighted by Crippen LogP contribution is 2.32. The molecule has 2 fully saturated rings. The third-order valence-corrected chi connectivity index (χ3v) is 6.75. The minimum atomic E-state index is -3.18. The molecule has 2 aliphatic rings. The number of rotatable bonds is 8. The van der Waals surface area contributed by atoms with E-state index >= 15 is 0 Å². The molecule has 150 valence electrons. The fourth-order valence-electron chi connectivity index (χ4n) is 4.14. The minimum absolute atomic E-state index is 0.221. The van der Waals surface area contributed by atoms with E-state index in [4.69, 9.17) is 4.74 Å². The molecule has 2 heterocycles. The van der Waals surface area contributed by atoms with Gasteiger partial charge in [-0.3, -0.25) is 4.79 Å². The van der Waals surface area contributed by atoms with Crippen molar-refractivity contribution in [1.82, 2.24) is 10.2 Å². The lowest BCUT2D eigenvalue weighted by Crippen LogP contribution is -2.40. The van der Waals surface area contributed by atoms with Gasteiger partial charge < -0.3 is 15.0 Å². The van der Waals surface area contributed by atoms with Crippen molar-refractivity contribution in [3.05, 3.63) is 24.3 Å². The molecule has 2 aliphatic heterocycles. The molecular weight excluding hydrogens is 364 g/mol. The number of hydrogen-bond acceptors (Lipinski definition) is 5. The minimum Gasteiger partial charge on any atom is -0.494 e. The second kappa shape index (κ2) is 8.61. The topological polar surface area (TPSA) is 75.7 Å². The van der Waals surface area contributed by atoms with Crippen LogP contribution in [0.2, 0.25) is 0 Å². The molecule has 0 saturated carbocycles. The molecule has 27 heavy (non-hydrogen) atoms. The van der Waals surface area contributed by atoms with Gasteiger partial charge in [0.1, 0.15) is 5.75 Å². The first-order valence-corrected chi connectivity index (χ1v) is 11.6. The Balaban J connectivity index is 1.35. The summed E-state index contributed by atoms with van der Waals surface area (Å²) in [5, 5.41) is 3.62. The molecule has 1 amide bonds. The maximum Gasteiger partial charge on any atom is 0.222 e. The third kappa shape index (κ3) is 5.69. The smallest absolute Gasteiger partial charge is 0.222 e. The van der Waals surface area contributed by atoms with Gasteiger partial charge in [-0.25, -0.2) is 8.42 Å². The Morgan fingerprint density at radius 1 is 1.19 bits per heavy atom. The van der Waals surface area contributed by atoms with Crippen LogP contribution < -0.4 is 10.1 Å². The van der Waals surface area contributed by atoms with Crippen LogP contribution in [0.1, 0.15) is 38.5 Å². The molecule has 2 atom stereocenters. The van der Waals surface area contributed by atoms with Gasteiger partial charge in [-0.15, -0.1) is 0 Å². The molecule has 3 rings (SSSR count). The van der Waals surface area contributed by atoms with Crippen LogP contribution in [0.25, 0.3) is 0 Å².